The number of alkyl halides is 3. The highest BCUT2D eigenvalue weighted by Gasteiger charge is 2.33. The number of hydrogen-bond acceptors (Lipinski definition) is 11. The lowest BCUT2D eigenvalue weighted by Crippen LogP contribution is -2.17. The van der Waals surface area contributed by atoms with E-state index in [4.69, 9.17) is 34.7 Å². The van der Waals surface area contributed by atoms with Crippen molar-refractivity contribution in [3.63, 3.8) is 0 Å². The van der Waals surface area contributed by atoms with Crippen LogP contribution in [0.4, 0.5) is 13.2 Å². The number of carbonyl (C=O) groups is 4. The van der Waals surface area contributed by atoms with Crippen LogP contribution < -0.4 is 14.8 Å². The molecule has 0 saturated carbocycles. The Morgan fingerprint density at radius 1 is 0.368 bits per heavy atom. The zero-order valence-electron chi connectivity index (χ0n) is 57.7. The summed E-state index contributed by atoms with van der Waals surface area (Å²) in [6.45, 7) is 11.9. The number of nitrogens with one attached hydrogen (secondary N) is 3. The zero-order chi connectivity index (χ0) is 83.4. The van der Waals surface area contributed by atoms with Crippen molar-refractivity contribution in [1.29, 1.82) is 11.1 Å². The molecule has 0 aliphatic carbocycles. The lowest BCUT2D eigenvalue weighted by Gasteiger charge is -2.12. The first-order valence-corrected chi connectivity index (χ1v) is 28.5. The minimum Gasteiger partial charge on any atom is -0.494 e. The van der Waals surface area contributed by atoms with Gasteiger partial charge in [-0.25, -0.2) is 14.4 Å². The van der Waals surface area contributed by atoms with Gasteiger partial charge < -0.3 is 29.0 Å². The van der Waals surface area contributed by atoms with Crippen LogP contribution in [-0.2, 0) is 30.0 Å². The molecule has 0 fully saturated rings. The SMILES string of the molecule is C=CC(=O)OCCCCOC.C=CC(=O)OCCCCOc1ccc(C(=O)NC)cc1.Cc1ccc(C(=O)Oc2ccc(C)c(C(F)(F)F)c2)cc1.N=N/N=N/N=N/N=N/N=N/N=N/N=N/N=N/N=N/N=N/N=N/N=N/N=N/N=N/N=N/N=N/N=N/N=N/N=N/N=N/N=N/N=N/N=N/N=N/N=N/N=N/N=N/N=N/N=N/N=N/N=N. The molecule has 72 nitrogen and oxygen atoms in total. The van der Waals surface area contributed by atoms with Crippen molar-refractivity contribution < 1.29 is 56.0 Å². The number of amides is 1. The van der Waals surface area contributed by atoms with E-state index in [-0.39, 0.29) is 28.8 Å². The highest BCUT2D eigenvalue weighted by atomic mass is 19.4. The Bertz CT molecular complexity index is 4130. The van der Waals surface area contributed by atoms with Crippen LogP contribution in [0.25, 0.3) is 0 Å². The normalized spacial score (nSPS) is 13.0. The molecule has 3 aromatic carbocycles. The van der Waals surface area contributed by atoms with Gasteiger partial charge in [0.25, 0.3) is 5.91 Å². The summed E-state index contributed by atoms with van der Waals surface area (Å²) in [4.78, 5) is 44.5. The van der Waals surface area contributed by atoms with Crippen molar-refractivity contribution in [2.24, 2.45) is 313 Å². The molecule has 0 spiro atoms. The maximum atomic E-state index is 12.8. The van der Waals surface area contributed by atoms with E-state index in [0.717, 1.165) is 49.5 Å². The number of methoxy groups -OCH3 is 1. The Morgan fingerprint density at radius 2 is 0.623 bits per heavy atom. The molecular weight excluding hydrogens is 1550 g/mol. The van der Waals surface area contributed by atoms with Gasteiger partial charge in [-0.3, -0.25) is 4.79 Å². The minimum absolute atomic E-state index is 0.0811. The topological polar surface area (TPSA) is 916 Å². The Labute approximate surface area is 626 Å². The first kappa shape index (κ1) is 96.2. The quantitative estimate of drug-likeness (QED) is 0.0121. The summed E-state index contributed by atoms with van der Waals surface area (Å²) in [5, 5.41) is 180. The number of rotatable bonds is 46. The molecule has 0 radical (unpaired) electrons. The second-order valence-electron chi connectivity index (χ2n) is 16.2. The minimum atomic E-state index is -4.48. The van der Waals surface area contributed by atoms with Crippen molar-refractivity contribution in [2.45, 2.75) is 45.7 Å². The Balaban J connectivity index is 0.00000194. The Morgan fingerprint density at radius 3 is 0.877 bits per heavy atom. The first-order valence-electron chi connectivity index (χ1n) is 28.5. The number of halogens is 3. The molecule has 114 heavy (non-hydrogen) atoms. The van der Waals surface area contributed by atoms with Gasteiger partial charge in [0, 0.05) is 268 Å². The summed E-state index contributed by atoms with van der Waals surface area (Å²) < 4.78 is 63.3. The van der Waals surface area contributed by atoms with Crippen LogP contribution in [0.3, 0.4) is 0 Å². The summed E-state index contributed by atoms with van der Waals surface area (Å²) in [5.41, 5.74) is 13.6. The third-order valence-electron chi connectivity index (χ3n) is 9.10. The summed E-state index contributed by atoms with van der Waals surface area (Å²) in [5.74, 6) is -0.995. The number of carbonyl (C=O) groups excluding carboxylic acids is 4. The van der Waals surface area contributed by atoms with Crippen molar-refractivity contribution in [1.82, 2.24) is 5.32 Å². The van der Waals surface area contributed by atoms with E-state index in [2.05, 4.69) is 332 Å². The van der Waals surface area contributed by atoms with Gasteiger partial charge in [0.2, 0.25) is 0 Å². The van der Waals surface area contributed by atoms with Crippen LogP contribution in [0.2, 0.25) is 0 Å². The molecular formula is C39H48F3N63O9. The van der Waals surface area contributed by atoms with Gasteiger partial charge in [0.15, 0.2) is 0 Å². The number of ether oxygens (including phenoxy) is 5. The molecule has 0 bridgehead atoms. The fourth-order valence-electron chi connectivity index (χ4n) is 4.92. The second kappa shape index (κ2) is 72.1. The van der Waals surface area contributed by atoms with Gasteiger partial charge in [0.1, 0.15) is 11.5 Å². The van der Waals surface area contributed by atoms with E-state index < -0.39 is 23.7 Å². The maximum Gasteiger partial charge on any atom is 0.416 e. The standard InChI is InChI=1S/C16H13F3O2.C15H19NO4.C8H14O3.H2N62/c1-10-3-6-12(7-4-10)15(20)21-13-8-5-11(2)14(9-13)16(17,18)19;1-3-14(17)20-11-5-4-10-19-13-8-6-12(7-9-13)15(18)16-2;1-3-8(9)11-7-5-4-6-10-2;1-3-5-7-9-11-13-15-17-19-21-23-25-27-29-31-33-35-37-39-41-43-45-47-49-51-53-55-57-59-61-62-60-58-56-54-52-50-48-46-44-42-40-38-36-34-32-30-28-26-24-22-20-18-16-14-12-10-8-6-4-2/h3-9H,1-2H3;3,6-9H,1,4-5,10-11H2,2H3,(H,16,18);3H,1,4-7H2,2H3;1-2H/b;;;3-1?,4-2?,7-5+,8-6+,11-9+,12-10+,15-13+,16-14+,19-17+,20-18+,23-21+,24-22+,27-25+,28-26+,31-29+,32-30+,35-33+,36-34+,39-37+,40-38+,43-41+,44-42+,47-45+,48-46+,51-49+,52-50+,55-53+,56-54+,59-57+,60-58+,62-61+. The second-order valence-corrected chi connectivity index (χ2v) is 16.2. The Kier molecular flexibility index (Phi) is 60.8. The van der Waals surface area contributed by atoms with Gasteiger partial charge in [0.05, 0.1) is 30.9 Å². The first-order chi connectivity index (χ1) is 55.7. The van der Waals surface area contributed by atoms with Crippen LogP contribution in [0.5, 0.6) is 11.5 Å². The third kappa shape index (κ3) is 62.7. The van der Waals surface area contributed by atoms with Crippen LogP contribution in [0.15, 0.2) is 405 Å². The van der Waals surface area contributed by atoms with Gasteiger partial charge in [-0.15, -0.1) is 0 Å². The summed E-state index contributed by atoms with van der Waals surface area (Å²) >= 11 is 0. The van der Waals surface area contributed by atoms with Gasteiger partial charge in [-0.05, 0) is 177 Å². The predicted molar refractivity (Wildman–Crippen MR) is 341 cm³/mol. The van der Waals surface area contributed by atoms with Crippen molar-refractivity contribution in [3.05, 3.63) is 120 Å². The van der Waals surface area contributed by atoms with Crippen molar-refractivity contribution >= 4 is 23.8 Å². The van der Waals surface area contributed by atoms with Crippen molar-refractivity contribution in [2.75, 3.05) is 40.6 Å². The summed E-state index contributed by atoms with van der Waals surface area (Å²) in [6.07, 6.45) is 1.10. The molecule has 3 aromatic rings. The van der Waals surface area contributed by atoms with Crippen LogP contribution in [0.1, 0.15) is 63.1 Å². The Hall–Kier alpha value is -17.8. The molecule has 1 amide bonds. The molecule has 3 rings (SSSR count). The molecule has 0 atom stereocenters. The molecule has 0 aliphatic heterocycles. The zero-order valence-corrected chi connectivity index (χ0v) is 57.7. The smallest absolute Gasteiger partial charge is 0.416 e. The molecule has 3 N–H and O–H groups in total. The van der Waals surface area contributed by atoms with E-state index in [1.165, 1.54) is 19.1 Å². The number of benzene rings is 3. The summed E-state index contributed by atoms with van der Waals surface area (Å²) in [6, 6.07) is 17.0. The molecule has 0 aromatic heterocycles. The highest BCUT2D eigenvalue weighted by Crippen LogP contribution is 2.34. The highest BCUT2D eigenvalue weighted by molar-refractivity contribution is 5.94. The van der Waals surface area contributed by atoms with Gasteiger partial charge in [-0.2, -0.15) is 24.2 Å². The third-order valence-corrected chi connectivity index (χ3v) is 9.10. The number of unbranched alkanes of at least 4 members (excludes halogenated alkanes) is 2. The van der Waals surface area contributed by atoms with Crippen LogP contribution in [0, 0.1) is 24.9 Å². The maximum absolute atomic E-state index is 12.8. The average Bonchev–Trinajstić information content (AvgIpc) is 0.823. The molecule has 594 valence electrons. The van der Waals surface area contributed by atoms with Gasteiger partial charge >= 0.3 is 24.1 Å². The van der Waals surface area contributed by atoms with Crippen molar-refractivity contribution in [3.8, 4) is 11.5 Å². The fourth-order valence-corrected chi connectivity index (χ4v) is 4.92. The lowest BCUT2D eigenvalue weighted by atomic mass is 10.1. The van der Waals surface area contributed by atoms with Crippen LogP contribution in [-0.4, -0.2) is 64.4 Å². The molecule has 75 heteroatoms. The number of nitrogens with zero attached hydrogens (tertiary/aromatic N) is 60. The number of esters is 3. The number of aryl methyl sites for hydroxylation is 2. The molecule has 0 heterocycles. The average molecular weight is 1600 g/mol. The summed E-state index contributed by atoms with van der Waals surface area (Å²) in [7, 11) is 3.24. The van der Waals surface area contributed by atoms with E-state index in [1.54, 1.807) is 62.7 Å². The van der Waals surface area contributed by atoms with Crippen LogP contribution >= 0.6 is 0 Å². The molecule has 0 saturated heterocycles. The van der Waals surface area contributed by atoms with E-state index in [1.807, 2.05) is 6.92 Å². The lowest BCUT2D eigenvalue weighted by molar-refractivity contribution is -0.138. The van der Waals surface area contributed by atoms with Gasteiger partial charge in [-0.1, -0.05) is 36.9 Å². The monoisotopic (exact) mass is 1600 g/mol. The predicted octanol–water partition coefficient (Wildman–Crippen LogP) is 19.2. The van der Waals surface area contributed by atoms with E-state index in [9.17, 15) is 32.3 Å². The molecule has 0 aliphatic rings. The number of hydrogen-bond donors (Lipinski definition) is 3. The fraction of sp³-hybridized carbons (Fsp3) is 0.333. The molecule has 0 unspecified atom stereocenters. The largest absolute Gasteiger partial charge is 0.494 e. The van der Waals surface area contributed by atoms with E-state index >= 15 is 0 Å². The van der Waals surface area contributed by atoms with E-state index in [0.29, 0.717) is 37.7 Å².